The van der Waals surface area contributed by atoms with Crippen molar-refractivity contribution >= 4 is 23.9 Å². The van der Waals surface area contributed by atoms with Crippen molar-refractivity contribution in [3.8, 4) is 0 Å². The second-order valence-corrected chi connectivity index (χ2v) is 10.0. The van der Waals surface area contributed by atoms with Crippen LogP contribution in [0.25, 0.3) is 0 Å². The van der Waals surface area contributed by atoms with E-state index in [0.717, 1.165) is 48.9 Å². The first-order chi connectivity index (χ1) is 19.6. The first-order valence-electron chi connectivity index (χ1n) is 14.0. The van der Waals surface area contributed by atoms with Gasteiger partial charge >= 0.3 is 29.6 Å². The second kappa shape index (κ2) is 18.0. The van der Waals surface area contributed by atoms with Crippen molar-refractivity contribution in [2.24, 2.45) is 0 Å². The monoisotopic (exact) mass is 584 g/mol. The Labute approximate surface area is 236 Å². The molecule has 4 atom stereocenters. The summed E-state index contributed by atoms with van der Waals surface area (Å²) < 4.78 is 17.5. The zero-order valence-electron chi connectivity index (χ0n) is 23.0. The number of esters is 2. The molecule has 1 saturated heterocycles. The van der Waals surface area contributed by atoms with Crippen LogP contribution in [0, 0.1) is 0 Å². The van der Waals surface area contributed by atoms with Crippen molar-refractivity contribution in [2.45, 2.75) is 114 Å². The van der Waals surface area contributed by atoms with E-state index >= 15 is 0 Å². The molecule has 0 radical (unpaired) electrons. The summed E-state index contributed by atoms with van der Waals surface area (Å²) in [6.45, 7) is -0.343. The van der Waals surface area contributed by atoms with E-state index in [4.69, 9.17) is 24.4 Å². The first-order valence-corrected chi connectivity index (χ1v) is 14.0. The average Bonchev–Trinajstić information content (AvgIpc) is 3.20. The van der Waals surface area contributed by atoms with E-state index < -0.39 is 59.7 Å². The Morgan fingerprint density at radius 3 is 1.85 bits per heavy atom. The number of unbranched alkanes of at least 4 members (excludes halogenated alkanes) is 8. The summed E-state index contributed by atoms with van der Waals surface area (Å²) in [6.07, 6.45) is 3.01. The Bertz CT molecular complexity index is 1110. The molecule has 0 spiro atoms. The smallest absolute Gasteiger partial charge is 0.330 e. The molecule has 1 aliphatic heterocycles. The highest BCUT2D eigenvalue weighted by atomic mass is 16.6. The lowest BCUT2D eigenvalue weighted by Crippen LogP contribution is -2.40. The predicted molar refractivity (Wildman–Crippen MR) is 142 cm³/mol. The summed E-state index contributed by atoms with van der Waals surface area (Å²) in [5, 5.41) is 28.2. The lowest BCUT2D eigenvalue weighted by atomic mass is 10.1. The van der Waals surface area contributed by atoms with Crippen LogP contribution in [0.5, 0.6) is 0 Å². The fourth-order valence-electron chi connectivity index (χ4n) is 4.47. The van der Waals surface area contributed by atoms with Crippen molar-refractivity contribution in [1.29, 1.82) is 0 Å². The molecule has 0 bridgehead atoms. The van der Waals surface area contributed by atoms with Gasteiger partial charge in [-0.05, 0) is 25.7 Å². The first kappa shape index (κ1) is 33.7. The van der Waals surface area contributed by atoms with Gasteiger partial charge in [-0.2, -0.15) is 0 Å². The number of nitrogens with one attached hydrogen (secondary N) is 1. The van der Waals surface area contributed by atoms with Crippen LogP contribution < -0.4 is 11.2 Å². The number of aliphatic hydroxyl groups is 1. The number of carbonyl (C=O) groups is 4. The Kier molecular flexibility index (Phi) is 14.8. The maximum atomic E-state index is 12.5. The minimum Gasteiger partial charge on any atom is -0.481 e. The third-order valence-electron chi connectivity index (χ3n) is 6.65. The van der Waals surface area contributed by atoms with E-state index in [0.29, 0.717) is 32.1 Å². The molecule has 4 N–H and O–H groups in total. The maximum absolute atomic E-state index is 12.5. The number of hydrogen-bond acceptors (Lipinski definition) is 10. The van der Waals surface area contributed by atoms with Crippen LogP contribution in [-0.4, -0.2) is 73.7 Å². The molecule has 1 fully saturated rings. The number of aromatic amines is 1. The van der Waals surface area contributed by atoms with Crippen molar-refractivity contribution in [3.63, 3.8) is 0 Å². The Morgan fingerprint density at radius 2 is 1.32 bits per heavy atom. The summed E-state index contributed by atoms with van der Waals surface area (Å²) in [4.78, 5) is 71.7. The quantitative estimate of drug-likeness (QED) is 0.128. The van der Waals surface area contributed by atoms with Crippen LogP contribution >= 0.6 is 0 Å². The lowest BCUT2D eigenvalue weighted by Gasteiger charge is -2.21. The summed E-state index contributed by atoms with van der Waals surface area (Å²) in [5.41, 5.74) is -1.48. The van der Waals surface area contributed by atoms with Crippen molar-refractivity contribution in [1.82, 2.24) is 9.55 Å². The lowest BCUT2D eigenvalue weighted by molar-refractivity contribution is -0.160. The van der Waals surface area contributed by atoms with E-state index in [-0.39, 0.29) is 32.3 Å². The highest BCUT2D eigenvalue weighted by Crippen LogP contribution is 2.31. The SMILES string of the molecule is O=C(O)CCCCCCCC(=O)OC[C@H]1O[C@@H](n2ccc(=O)[nH]c2=O)[C@H](O)[C@@H]1OC(=O)CCCCCCCC(=O)O. The van der Waals surface area contributed by atoms with Gasteiger partial charge in [-0.3, -0.25) is 33.5 Å². The third-order valence-corrected chi connectivity index (χ3v) is 6.65. The van der Waals surface area contributed by atoms with E-state index in [1.807, 2.05) is 0 Å². The number of nitrogens with zero attached hydrogens (tertiary/aromatic N) is 1. The van der Waals surface area contributed by atoms with Crippen molar-refractivity contribution in [3.05, 3.63) is 33.1 Å². The van der Waals surface area contributed by atoms with Gasteiger partial charge in [0.05, 0.1) is 0 Å². The Hall–Kier alpha value is -3.52. The van der Waals surface area contributed by atoms with Gasteiger partial charge in [0.2, 0.25) is 0 Å². The van der Waals surface area contributed by atoms with Crippen LogP contribution in [-0.2, 0) is 33.4 Å². The molecule has 2 rings (SSSR count). The van der Waals surface area contributed by atoms with E-state index in [1.165, 1.54) is 0 Å². The summed E-state index contributed by atoms with van der Waals surface area (Å²) in [7, 11) is 0. The van der Waals surface area contributed by atoms with Gasteiger partial charge in [-0.15, -0.1) is 0 Å². The molecule has 0 saturated carbocycles. The predicted octanol–water partition coefficient (Wildman–Crippen LogP) is 1.88. The van der Waals surface area contributed by atoms with E-state index in [1.54, 1.807) is 0 Å². The van der Waals surface area contributed by atoms with Crippen LogP contribution in [0.2, 0.25) is 0 Å². The summed E-state index contributed by atoms with van der Waals surface area (Å²) in [5.74, 6) is -2.82. The Balaban J connectivity index is 1.88. The number of rotatable bonds is 20. The zero-order valence-corrected chi connectivity index (χ0v) is 23.0. The molecule has 14 heteroatoms. The number of carboxylic acids is 2. The molecular weight excluding hydrogens is 544 g/mol. The highest BCUT2D eigenvalue weighted by molar-refractivity contribution is 5.70. The topological polar surface area (TPSA) is 212 Å². The number of carbonyl (C=O) groups excluding carboxylic acids is 2. The number of carboxylic acid groups (broad SMARTS) is 2. The van der Waals surface area contributed by atoms with Gasteiger partial charge in [-0.25, -0.2) is 4.79 Å². The second-order valence-electron chi connectivity index (χ2n) is 10.0. The van der Waals surface area contributed by atoms with Crippen molar-refractivity contribution < 1.29 is 48.7 Å². The molecular formula is C27H40N2O12. The van der Waals surface area contributed by atoms with Crippen molar-refractivity contribution in [2.75, 3.05) is 6.61 Å². The minimum atomic E-state index is -1.49. The van der Waals surface area contributed by atoms with Gasteiger partial charge in [0.25, 0.3) is 5.56 Å². The number of hydrogen-bond donors (Lipinski definition) is 4. The van der Waals surface area contributed by atoms with Gasteiger partial charge in [0.1, 0.15) is 18.8 Å². The number of ether oxygens (including phenoxy) is 3. The number of aromatic nitrogens is 2. The molecule has 14 nitrogen and oxygen atoms in total. The molecule has 230 valence electrons. The average molecular weight is 585 g/mol. The molecule has 1 aliphatic rings. The molecule has 41 heavy (non-hydrogen) atoms. The molecule has 0 aliphatic carbocycles. The standard InChI is InChI=1S/C27H40N2O12/c30-19-15-16-29(27(38)28-19)26-24(37)25(41-23(36)14-10-6-2-4-8-12-21(33)34)18(40-26)17-39-22(35)13-9-5-1-3-7-11-20(31)32/h15-16,18,24-26,37H,1-14,17H2,(H,31,32)(H,33,34)(H,28,30,38)/t18-,24-,25-,26-/m1/s1. The van der Waals surface area contributed by atoms with Gasteiger partial charge in [0.15, 0.2) is 12.3 Å². The molecule has 1 aromatic rings. The third kappa shape index (κ3) is 12.7. The van der Waals surface area contributed by atoms with Crippen LogP contribution in [0.15, 0.2) is 21.9 Å². The van der Waals surface area contributed by atoms with E-state index in [2.05, 4.69) is 4.98 Å². The molecule has 1 aromatic heterocycles. The zero-order chi connectivity index (χ0) is 30.2. The van der Waals surface area contributed by atoms with Gasteiger partial charge in [0, 0.05) is 37.9 Å². The number of H-pyrrole nitrogens is 1. The summed E-state index contributed by atoms with van der Waals surface area (Å²) >= 11 is 0. The van der Waals surface area contributed by atoms with Gasteiger partial charge in [-0.1, -0.05) is 38.5 Å². The normalized spacial score (nSPS) is 20.0. The number of aliphatic carboxylic acids is 2. The molecule has 0 unspecified atom stereocenters. The number of aliphatic hydroxyl groups excluding tert-OH is 1. The highest BCUT2D eigenvalue weighted by Gasteiger charge is 2.48. The fraction of sp³-hybridized carbons (Fsp3) is 0.704. The van der Waals surface area contributed by atoms with Crippen LogP contribution in [0.4, 0.5) is 0 Å². The summed E-state index contributed by atoms with van der Waals surface area (Å²) in [6, 6.07) is 1.07. The minimum absolute atomic E-state index is 0.0460. The molecule has 2 heterocycles. The Morgan fingerprint density at radius 1 is 0.805 bits per heavy atom. The fourth-order valence-corrected chi connectivity index (χ4v) is 4.47. The van der Waals surface area contributed by atoms with Crippen LogP contribution in [0.3, 0.4) is 0 Å². The van der Waals surface area contributed by atoms with E-state index in [9.17, 15) is 33.9 Å². The molecule has 0 amide bonds. The van der Waals surface area contributed by atoms with Crippen LogP contribution in [0.1, 0.15) is 96.1 Å². The van der Waals surface area contributed by atoms with Gasteiger partial charge < -0.3 is 29.5 Å². The largest absolute Gasteiger partial charge is 0.481 e. The molecule has 0 aromatic carbocycles. The maximum Gasteiger partial charge on any atom is 0.330 e.